The number of aliphatic carboxylic acids is 1. The van der Waals surface area contributed by atoms with Crippen LogP contribution in [0.2, 0.25) is 0 Å². The van der Waals surface area contributed by atoms with Gasteiger partial charge in [0.25, 0.3) is 0 Å². The largest absolute Gasteiger partial charge is 0.478 e. The highest BCUT2D eigenvalue weighted by Crippen LogP contribution is 1.95. The first-order chi connectivity index (χ1) is 7.58. The van der Waals surface area contributed by atoms with E-state index in [1.54, 1.807) is 11.6 Å². The molecule has 1 heterocycles. The summed E-state index contributed by atoms with van der Waals surface area (Å²) in [5, 5.41) is 15.9. The molecule has 5 heteroatoms. The summed E-state index contributed by atoms with van der Waals surface area (Å²) in [5.74, 6) is -0.899. The zero-order valence-electron chi connectivity index (χ0n) is 9.60. The number of aromatic nitrogens is 2. The Balaban J connectivity index is 2.19. The maximum Gasteiger partial charge on any atom is 0.328 e. The summed E-state index contributed by atoms with van der Waals surface area (Å²) in [5.41, 5.74) is 1.85. The third kappa shape index (κ3) is 4.75. The van der Waals surface area contributed by atoms with Gasteiger partial charge in [-0.1, -0.05) is 5.57 Å². The van der Waals surface area contributed by atoms with Crippen LogP contribution in [-0.4, -0.2) is 33.9 Å². The minimum Gasteiger partial charge on any atom is -0.478 e. The van der Waals surface area contributed by atoms with Crippen LogP contribution in [0.5, 0.6) is 0 Å². The van der Waals surface area contributed by atoms with Crippen molar-refractivity contribution in [2.45, 2.75) is 13.3 Å². The van der Waals surface area contributed by atoms with E-state index in [4.69, 9.17) is 5.11 Å². The van der Waals surface area contributed by atoms with Crippen molar-refractivity contribution in [3.63, 3.8) is 0 Å². The average molecular weight is 223 g/mol. The Morgan fingerprint density at radius 1 is 1.69 bits per heavy atom. The van der Waals surface area contributed by atoms with Crippen LogP contribution >= 0.6 is 0 Å². The van der Waals surface area contributed by atoms with E-state index in [0.29, 0.717) is 6.54 Å². The first-order valence-electron chi connectivity index (χ1n) is 5.17. The lowest BCUT2D eigenvalue weighted by Crippen LogP contribution is -2.20. The number of aryl methyl sites for hydroxylation is 1. The molecule has 0 unspecified atom stereocenters. The number of rotatable bonds is 6. The standard InChI is InChI=1S/C11H17N3O2/c1-9(7-11(15)16)8-12-5-3-10-4-6-14(2)13-10/h4,6-7,12H,3,5,8H2,1-2H3,(H,15,16)/b9-7-. The molecule has 0 aromatic carbocycles. The van der Waals surface area contributed by atoms with Gasteiger partial charge in [0.2, 0.25) is 0 Å². The average Bonchev–Trinajstić information content (AvgIpc) is 2.58. The molecule has 0 saturated carbocycles. The van der Waals surface area contributed by atoms with Gasteiger partial charge in [-0.15, -0.1) is 0 Å². The molecule has 2 N–H and O–H groups in total. The van der Waals surface area contributed by atoms with Gasteiger partial charge in [-0.05, 0) is 13.0 Å². The highest BCUT2D eigenvalue weighted by Gasteiger charge is 1.97. The number of nitrogens with zero attached hydrogens (tertiary/aromatic N) is 2. The normalized spacial score (nSPS) is 11.8. The molecule has 16 heavy (non-hydrogen) atoms. The van der Waals surface area contributed by atoms with Crippen molar-refractivity contribution in [1.29, 1.82) is 0 Å². The molecule has 0 saturated heterocycles. The minimum absolute atomic E-state index is 0.596. The van der Waals surface area contributed by atoms with E-state index >= 15 is 0 Å². The molecule has 1 aromatic rings. The van der Waals surface area contributed by atoms with E-state index in [1.807, 2.05) is 19.3 Å². The monoisotopic (exact) mass is 223 g/mol. The fraction of sp³-hybridized carbons (Fsp3) is 0.455. The molecule has 0 amide bonds. The predicted octanol–water partition coefficient (Wildman–Crippen LogP) is 0.583. The summed E-state index contributed by atoms with van der Waals surface area (Å²) < 4.78 is 1.77. The van der Waals surface area contributed by atoms with Crippen LogP contribution in [0, 0.1) is 0 Å². The highest BCUT2D eigenvalue weighted by atomic mass is 16.4. The fourth-order valence-corrected chi connectivity index (χ4v) is 1.36. The second-order valence-corrected chi connectivity index (χ2v) is 3.74. The Morgan fingerprint density at radius 3 is 3.00 bits per heavy atom. The van der Waals surface area contributed by atoms with Crippen molar-refractivity contribution < 1.29 is 9.90 Å². The first-order valence-corrected chi connectivity index (χ1v) is 5.17. The van der Waals surface area contributed by atoms with Gasteiger partial charge in [0.15, 0.2) is 0 Å². The third-order valence-electron chi connectivity index (χ3n) is 2.10. The zero-order valence-corrected chi connectivity index (χ0v) is 9.60. The zero-order chi connectivity index (χ0) is 12.0. The van der Waals surface area contributed by atoms with Crippen molar-refractivity contribution in [2.75, 3.05) is 13.1 Å². The van der Waals surface area contributed by atoms with E-state index in [1.165, 1.54) is 6.08 Å². The lowest BCUT2D eigenvalue weighted by Gasteiger charge is -2.02. The van der Waals surface area contributed by atoms with Gasteiger partial charge in [-0.25, -0.2) is 4.79 Å². The summed E-state index contributed by atoms with van der Waals surface area (Å²) in [7, 11) is 1.89. The lowest BCUT2D eigenvalue weighted by molar-refractivity contribution is -0.131. The van der Waals surface area contributed by atoms with Crippen molar-refractivity contribution >= 4 is 5.97 Å². The van der Waals surface area contributed by atoms with Gasteiger partial charge in [0, 0.05) is 38.8 Å². The first kappa shape index (κ1) is 12.4. The molecule has 0 radical (unpaired) electrons. The lowest BCUT2D eigenvalue weighted by atomic mass is 10.2. The number of hydrogen-bond acceptors (Lipinski definition) is 3. The fourth-order valence-electron chi connectivity index (χ4n) is 1.36. The summed E-state index contributed by atoms with van der Waals surface area (Å²) in [6.45, 7) is 3.18. The number of hydrogen-bond donors (Lipinski definition) is 2. The van der Waals surface area contributed by atoms with Gasteiger partial charge in [-0.2, -0.15) is 5.10 Å². The molecule has 1 aromatic heterocycles. The molecule has 0 fully saturated rings. The SMILES string of the molecule is C/C(=C/C(=O)O)CNCCc1ccn(C)n1. The topological polar surface area (TPSA) is 67.2 Å². The molecule has 0 spiro atoms. The maximum atomic E-state index is 10.3. The van der Waals surface area contributed by atoms with Crippen molar-refractivity contribution in [1.82, 2.24) is 15.1 Å². The molecule has 88 valence electrons. The molecular weight excluding hydrogens is 206 g/mol. The Kier molecular flexibility index (Phi) is 4.72. The van der Waals surface area contributed by atoms with E-state index in [0.717, 1.165) is 24.2 Å². The number of carbonyl (C=O) groups is 1. The maximum absolute atomic E-state index is 10.3. The summed E-state index contributed by atoms with van der Waals surface area (Å²) in [6.07, 6.45) is 3.97. The second-order valence-electron chi connectivity index (χ2n) is 3.74. The van der Waals surface area contributed by atoms with Gasteiger partial charge in [0.05, 0.1) is 5.69 Å². The predicted molar refractivity (Wildman–Crippen MR) is 61.2 cm³/mol. The molecular formula is C11H17N3O2. The Bertz CT molecular complexity index is 382. The van der Waals surface area contributed by atoms with Crippen molar-refractivity contribution in [3.05, 3.63) is 29.6 Å². The Labute approximate surface area is 94.8 Å². The molecule has 0 aliphatic heterocycles. The highest BCUT2D eigenvalue weighted by molar-refractivity contribution is 5.80. The summed E-state index contributed by atoms with van der Waals surface area (Å²) in [6, 6.07) is 1.97. The quantitative estimate of drug-likeness (QED) is 0.547. The summed E-state index contributed by atoms with van der Waals surface area (Å²) in [4.78, 5) is 10.3. The van der Waals surface area contributed by atoms with E-state index in [9.17, 15) is 4.79 Å². The van der Waals surface area contributed by atoms with Crippen LogP contribution in [0.1, 0.15) is 12.6 Å². The Morgan fingerprint density at radius 2 is 2.44 bits per heavy atom. The number of carboxylic acid groups (broad SMARTS) is 1. The molecule has 5 nitrogen and oxygen atoms in total. The van der Waals surface area contributed by atoms with E-state index in [2.05, 4.69) is 10.4 Å². The molecule has 0 aliphatic rings. The molecule has 0 atom stereocenters. The molecule has 0 aliphatic carbocycles. The number of carboxylic acids is 1. The van der Waals surface area contributed by atoms with E-state index in [-0.39, 0.29) is 0 Å². The van der Waals surface area contributed by atoms with Gasteiger partial charge >= 0.3 is 5.97 Å². The van der Waals surface area contributed by atoms with Crippen LogP contribution in [-0.2, 0) is 18.3 Å². The van der Waals surface area contributed by atoms with Crippen LogP contribution in [0.15, 0.2) is 23.9 Å². The third-order valence-corrected chi connectivity index (χ3v) is 2.10. The van der Waals surface area contributed by atoms with Gasteiger partial charge in [0.1, 0.15) is 0 Å². The van der Waals surface area contributed by atoms with Crippen molar-refractivity contribution in [3.8, 4) is 0 Å². The smallest absolute Gasteiger partial charge is 0.328 e. The van der Waals surface area contributed by atoms with E-state index < -0.39 is 5.97 Å². The molecule has 1 rings (SSSR count). The summed E-state index contributed by atoms with van der Waals surface area (Å²) >= 11 is 0. The van der Waals surface area contributed by atoms with Crippen LogP contribution in [0.3, 0.4) is 0 Å². The van der Waals surface area contributed by atoms with Crippen molar-refractivity contribution in [2.24, 2.45) is 7.05 Å². The van der Waals surface area contributed by atoms with Crippen LogP contribution in [0.4, 0.5) is 0 Å². The Hall–Kier alpha value is -1.62. The van der Waals surface area contributed by atoms with Gasteiger partial charge in [-0.3, -0.25) is 4.68 Å². The van der Waals surface area contributed by atoms with Crippen LogP contribution in [0.25, 0.3) is 0 Å². The second kappa shape index (κ2) is 6.07. The number of nitrogens with one attached hydrogen (secondary N) is 1. The minimum atomic E-state index is -0.899. The molecule has 0 bridgehead atoms. The van der Waals surface area contributed by atoms with Gasteiger partial charge < -0.3 is 10.4 Å². The van der Waals surface area contributed by atoms with Crippen LogP contribution < -0.4 is 5.32 Å².